The summed E-state index contributed by atoms with van der Waals surface area (Å²) in [6, 6.07) is 9.75. The molecule has 2 N–H and O–H groups in total. The number of rotatable bonds is 6. The Kier molecular flexibility index (Phi) is 6.62. The van der Waals surface area contributed by atoms with Crippen LogP contribution >= 0.6 is 0 Å². The van der Waals surface area contributed by atoms with Crippen LogP contribution in [0.5, 0.6) is 11.5 Å². The summed E-state index contributed by atoms with van der Waals surface area (Å²) in [6.07, 6.45) is -10.0. The van der Waals surface area contributed by atoms with Crippen molar-refractivity contribution < 1.29 is 45.2 Å². The van der Waals surface area contributed by atoms with Crippen LogP contribution < -0.4 is 19.9 Å². The largest absolute Gasteiger partial charge is 0.658 e. The van der Waals surface area contributed by atoms with Crippen LogP contribution in [0, 0.1) is 0 Å². The van der Waals surface area contributed by atoms with Crippen LogP contribution in [0.3, 0.4) is 0 Å². The minimum atomic E-state index is -5.01. The highest BCUT2D eigenvalue weighted by Gasteiger charge is 2.39. The second-order valence-electron chi connectivity index (χ2n) is 5.28. The Bertz CT molecular complexity index is 782. The molecule has 0 atom stereocenters. The zero-order valence-electron chi connectivity index (χ0n) is 14.1. The van der Waals surface area contributed by atoms with Crippen molar-refractivity contribution in [2.24, 2.45) is 0 Å². The molecular weight excluding hydrogens is 409 g/mol. The maximum atomic E-state index is 12.2. The molecule has 0 aliphatic carbocycles. The maximum absolute atomic E-state index is 12.2. The van der Waals surface area contributed by atoms with Gasteiger partial charge in [-0.1, -0.05) is 0 Å². The Hall–Kier alpha value is -3.38. The average Bonchev–Trinajstić information content (AvgIpc) is 2.63. The molecule has 1 radical (unpaired) electrons. The van der Waals surface area contributed by atoms with Gasteiger partial charge in [-0.15, -0.1) is 0 Å². The van der Waals surface area contributed by atoms with E-state index in [2.05, 4.69) is 0 Å². The molecule has 0 aromatic heterocycles. The van der Waals surface area contributed by atoms with E-state index in [-0.39, 0.29) is 22.9 Å². The lowest BCUT2D eigenvalue weighted by Gasteiger charge is -2.10. The summed E-state index contributed by atoms with van der Waals surface area (Å²) in [4.78, 5) is 21.6. The van der Waals surface area contributed by atoms with Crippen molar-refractivity contribution in [3.05, 3.63) is 48.5 Å². The summed E-state index contributed by atoms with van der Waals surface area (Å²) in [6.45, 7) is 0. The number of hydrogen-bond acceptors (Lipinski definition) is 4. The van der Waals surface area contributed by atoms with Gasteiger partial charge < -0.3 is 19.9 Å². The SMILES string of the molecule is O=C(Nc1ccc(O[B]Oc2ccc(NC(=O)C(F)(F)F)cc2)cc1)C(F)(F)F. The molecular formula is C16H10BF6N2O4. The number of amides is 2. The molecule has 0 aliphatic rings. The van der Waals surface area contributed by atoms with Gasteiger partial charge in [-0.3, -0.25) is 9.59 Å². The first kappa shape index (κ1) is 21.9. The highest BCUT2D eigenvalue weighted by Crippen LogP contribution is 2.22. The van der Waals surface area contributed by atoms with Gasteiger partial charge in [-0.05, 0) is 48.5 Å². The molecule has 2 rings (SSSR count). The number of benzene rings is 2. The van der Waals surface area contributed by atoms with Gasteiger partial charge in [0, 0.05) is 11.4 Å². The zero-order valence-corrected chi connectivity index (χ0v) is 14.1. The van der Waals surface area contributed by atoms with Gasteiger partial charge in [0.1, 0.15) is 11.5 Å². The Labute approximate surface area is 160 Å². The van der Waals surface area contributed by atoms with Gasteiger partial charge >= 0.3 is 31.9 Å². The van der Waals surface area contributed by atoms with E-state index in [1.165, 1.54) is 48.5 Å². The van der Waals surface area contributed by atoms with Gasteiger partial charge in [0.15, 0.2) is 0 Å². The summed E-state index contributed by atoms with van der Waals surface area (Å²) in [7, 11) is 0.868. The monoisotopic (exact) mass is 419 g/mol. The summed E-state index contributed by atoms with van der Waals surface area (Å²) in [5, 5.41) is 3.32. The molecule has 0 spiro atoms. The van der Waals surface area contributed by atoms with Crippen molar-refractivity contribution >= 4 is 30.9 Å². The van der Waals surface area contributed by atoms with Crippen LogP contribution in [0.1, 0.15) is 0 Å². The van der Waals surface area contributed by atoms with Gasteiger partial charge in [0.05, 0.1) is 0 Å². The van der Waals surface area contributed by atoms with Crippen molar-refractivity contribution in [2.75, 3.05) is 10.6 Å². The van der Waals surface area contributed by atoms with Crippen LogP contribution in [-0.2, 0) is 9.59 Å². The topological polar surface area (TPSA) is 76.7 Å². The number of nitrogens with one attached hydrogen (secondary N) is 2. The Morgan fingerprint density at radius 3 is 1.24 bits per heavy atom. The fraction of sp³-hybridized carbons (Fsp3) is 0.125. The fourth-order valence-corrected chi connectivity index (χ4v) is 1.77. The molecule has 13 heteroatoms. The quantitative estimate of drug-likeness (QED) is 0.554. The number of halogens is 6. The average molecular weight is 419 g/mol. The number of carbonyl (C=O) groups is 2. The van der Waals surface area contributed by atoms with E-state index >= 15 is 0 Å². The molecule has 153 valence electrons. The molecule has 0 saturated carbocycles. The third-order valence-electron chi connectivity index (χ3n) is 3.11. The van der Waals surface area contributed by atoms with Crippen LogP contribution in [0.25, 0.3) is 0 Å². The van der Waals surface area contributed by atoms with Crippen LogP contribution in [0.4, 0.5) is 37.7 Å². The Morgan fingerprint density at radius 2 is 0.966 bits per heavy atom. The van der Waals surface area contributed by atoms with Crippen molar-refractivity contribution in [3.8, 4) is 11.5 Å². The van der Waals surface area contributed by atoms with Crippen LogP contribution in [0.15, 0.2) is 48.5 Å². The lowest BCUT2D eigenvalue weighted by molar-refractivity contribution is -0.167. The number of alkyl halides is 6. The van der Waals surface area contributed by atoms with Crippen molar-refractivity contribution in [3.63, 3.8) is 0 Å². The minimum Gasteiger partial charge on any atom is -0.526 e. The second kappa shape index (κ2) is 8.75. The van der Waals surface area contributed by atoms with Crippen molar-refractivity contribution in [2.45, 2.75) is 12.4 Å². The fourth-order valence-electron chi connectivity index (χ4n) is 1.77. The summed E-state index contributed by atoms with van der Waals surface area (Å²) >= 11 is 0. The number of hydrogen-bond donors (Lipinski definition) is 2. The highest BCUT2D eigenvalue weighted by atomic mass is 19.4. The van der Waals surface area contributed by atoms with E-state index in [0.717, 1.165) is 7.69 Å². The highest BCUT2D eigenvalue weighted by molar-refractivity contribution is 6.20. The first-order valence-electron chi connectivity index (χ1n) is 7.56. The first-order chi connectivity index (χ1) is 13.4. The summed E-state index contributed by atoms with van der Waals surface area (Å²) in [5.41, 5.74) is -0.200. The normalized spacial score (nSPS) is 11.4. The molecule has 2 amide bonds. The zero-order chi connectivity index (χ0) is 21.7. The molecule has 0 saturated heterocycles. The molecule has 0 heterocycles. The summed E-state index contributed by atoms with van der Waals surface area (Å²) < 4.78 is 83.1. The Balaban J connectivity index is 1.81. The van der Waals surface area contributed by atoms with E-state index in [4.69, 9.17) is 9.31 Å². The van der Waals surface area contributed by atoms with Gasteiger partial charge in [-0.2, -0.15) is 26.3 Å². The third-order valence-corrected chi connectivity index (χ3v) is 3.11. The number of carbonyl (C=O) groups excluding carboxylic acids is 2. The van der Waals surface area contributed by atoms with E-state index in [1.54, 1.807) is 10.6 Å². The van der Waals surface area contributed by atoms with Crippen molar-refractivity contribution in [1.29, 1.82) is 0 Å². The number of anilines is 2. The van der Waals surface area contributed by atoms with Crippen LogP contribution in [0.2, 0.25) is 0 Å². The van der Waals surface area contributed by atoms with Gasteiger partial charge in [-0.25, -0.2) is 0 Å². The standard InChI is InChI=1S/C16H10BF6N2O4/c18-15(19,20)13(26)24-9-1-5-11(6-2-9)28-17-29-12-7-3-10(4-8-12)25-14(27)16(21,22)23/h1-8H,(H,24,26)(H,25,27). The van der Waals surface area contributed by atoms with Crippen LogP contribution in [-0.4, -0.2) is 31.9 Å². The molecule has 0 fully saturated rings. The molecule has 0 bridgehead atoms. The molecule has 0 unspecified atom stereocenters. The predicted molar refractivity (Wildman–Crippen MR) is 89.3 cm³/mol. The molecule has 2 aromatic carbocycles. The van der Waals surface area contributed by atoms with E-state index < -0.39 is 24.2 Å². The lowest BCUT2D eigenvalue weighted by Crippen LogP contribution is -2.29. The first-order valence-corrected chi connectivity index (χ1v) is 7.56. The molecule has 0 aliphatic heterocycles. The smallest absolute Gasteiger partial charge is 0.526 e. The second-order valence-corrected chi connectivity index (χ2v) is 5.28. The Morgan fingerprint density at radius 1 is 0.655 bits per heavy atom. The molecule has 2 aromatic rings. The lowest BCUT2D eigenvalue weighted by atomic mass is 10.2. The third kappa shape index (κ3) is 6.94. The van der Waals surface area contributed by atoms with Gasteiger partial charge in [0.25, 0.3) is 0 Å². The maximum Gasteiger partial charge on any atom is 0.658 e. The predicted octanol–water partition coefficient (Wildman–Crippen LogP) is 3.68. The summed E-state index contributed by atoms with van der Waals surface area (Å²) in [5.74, 6) is -3.89. The van der Waals surface area contributed by atoms with Gasteiger partial charge in [0.2, 0.25) is 0 Å². The molecule has 29 heavy (non-hydrogen) atoms. The minimum absolute atomic E-state index is 0.0999. The van der Waals surface area contributed by atoms with E-state index in [0.29, 0.717) is 0 Å². The van der Waals surface area contributed by atoms with Crippen molar-refractivity contribution in [1.82, 2.24) is 0 Å². The van der Waals surface area contributed by atoms with E-state index in [9.17, 15) is 35.9 Å². The molecule has 6 nitrogen and oxygen atoms in total. The van der Waals surface area contributed by atoms with E-state index in [1.807, 2.05) is 0 Å².